The number of amides is 2. The molecule has 5 heteroatoms. The van der Waals surface area contributed by atoms with E-state index in [1.54, 1.807) is 16.8 Å². The summed E-state index contributed by atoms with van der Waals surface area (Å²) in [4.78, 5) is 26.2. The van der Waals surface area contributed by atoms with Crippen LogP contribution in [0.4, 0.5) is 0 Å². The van der Waals surface area contributed by atoms with Crippen molar-refractivity contribution < 1.29 is 9.59 Å². The lowest BCUT2D eigenvalue weighted by Crippen LogP contribution is -2.52. The van der Waals surface area contributed by atoms with E-state index < -0.39 is 0 Å². The van der Waals surface area contributed by atoms with Crippen molar-refractivity contribution in [2.24, 2.45) is 0 Å². The maximum Gasteiger partial charge on any atom is 0.241 e. The minimum absolute atomic E-state index is 0.0184. The summed E-state index contributed by atoms with van der Waals surface area (Å²) in [5, 5.41) is 3.04. The van der Waals surface area contributed by atoms with Crippen molar-refractivity contribution in [2.75, 3.05) is 39.8 Å². The molecule has 1 rings (SSSR count). The number of nitrogens with zero attached hydrogens (tertiary/aromatic N) is 2. The van der Waals surface area contributed by atoms with E-state index in [4.69, 9.17) is 0 Å². The summed E-state index contributed by atoms with van der Waals surface area (Å²) in [5.74, 6) is 0.0370. The lowest BCUT2D eigenvalue weighted by molar-refractivity contribution is -0.143. The van der Waals surface area contributed by atoms with E-state index in [0.717, 1.165) is 13.0 Å². The molecule has 0 spiro atoms. The summed E-state index contributed by atoms with van der Waals surface area (Å²) < 4.78 is 0. The van der Waals surface area contributed by atoms with Crippen LogP contribution in [0.1, 0.15) is 13.3 Å². The quantitative estimate of drug-likeness (QED) is 0.627. The Morgan fingerprint density at radius 1 is 1.47 bits per heavy atom. The zero-order valence-electron chi connectivity index (χ0n) is 9.45. The second-order valence-corrected chi connectivity index (χ2v) is 3.81. The zero-order chi connectivity index (χ0) is 11.3. The fourth-order valence-electron chi connectivity index (χ4n) is 1.46. The average Bonchev–Trinajstić information content (AvgIpc) is 2.22. The number of likely N-dealkylation sites (N-methyl/N-ethyl adjacent to an activating group) is 1. The Labute approximate surface area is 90.4 Å². The van der Waals surface area contributed by atoms with Gasteiger partial charge in [-0.15, -0.1) is 0 Å². The third-order valence-electron chi connectivity index (χ3n) is 2.51. The Morgan fingerprint density at radius 2 is 2.20 bits per heavy atom. The molecule has 0 saturated carbocycles. The van der Waals surface area contributed by atoms with Gasteiger partial charge in [0.05, 0.1) is 13.1 Å². The van der Waals surface area contributed by atoms with Crippen LogP contribution in [0.2, 0.25) is 0 Å². The van der Waals surface area contributed by atoms with Gasteiger partial charge in [-0.1, -0.05) is 6.92 Å². The highest BCUT2D eigenvalue weighted by atomic mass is 16.2. The van der Waals surface area contributed by atoms with Crippen molar-refractivity contribution in [3.8, 4) is 0 Å². The summed E-state index contributed by atoms with van der Waals surface area (Å²) >= 11 is 0. The Hall–Kier alpha value is -1.10. The maximum atomic E-state index is 11.6. The minimum atomic E-state index is 0.0184. The van der Waals surface area contributed by atoms with Crippen molar-refractivity contribution >= 4 is 11.8 Å². The van der Waals surface area contributed by atoms with E-state index in [0.29, 0.717) is 19.6 Å². The van der Waals surface area contributed by atoms with Crippen LogP contribution in [0.15, 0.2) is 0 Å². The molecule has 1 N–H and O–H groups in total. The van der Waals surface area contributed by atoms with Gasteiger partial charge in [-0.2, -0.15) is 0 Å². The molecule has 2 amide bonds. The lowest BCUT2D eigenvalue weighted by atomic mass is 10.3. The molecule has 0 bridgehead atoms. The number of hydrogen-bond acceptors (Lipinski definition) is 3. The standard InChI is InChI=1S/C10H19N3O2/c1-3-4-11-7-9(14)13-6-5-12(2)10(15)8-13/h11H,3-8H2,1-2H3. The molecule has 0 aromatic heterocycles. The van der Waals surface area contributed by atoms with Gasteiger partial charge in [-0.25, -0.2) is 0 Å². The summed E-state index contributed by atoms with van der Waals surface area (Å²) in [6.07, 6.45) is 1.01. The highest BCUT2D eigenvalue weighted by Crippen LogP contribution is 2.00. The van der Waals surface area contributed by atoms with Gasteiger partial charge in [0.1, 0.15) is 0 Å². The molecule has 0 aliphatic carbocycles. The summed E-state index contributed by atoms with van der Waals surface area (Å²) in [5.41, 5.74) is 0. The second-order valence-electron chi connectivity index (χ2n) is 3.81. The monoisotopic (exact) mass is 213 g/mol. The maximum absolute atomic E-state index is 11.6. The molecule has 1 saturated heterocycles. The van der Waals surface area contributed by atoms with Gasteiger partial charge in [0, 0.05) is 20.1 Å². The first kappa shape index (κ1) is 12.0. The summed E-state index contributed by atoms with van der Waals surface area (Å²) in [6, 6.07) is 0. The fourth-order valence-corrected chi connectivity index (χ4v) is 1.46. The molecule has 1 aliphatic heterocycles. The van der Waals surface area contributed by atoms with Crippen LogP contribution in [0.5, 0.6) is 0 Å². The first-order valence-electron chi connectivity index (χ1n) is 5.37. The number of piperazine rings is 1. The van der Waals surface area contributed by atoms with Crippen LogP contribution in [0, 0.1) is 0 Å². The smallest absolute Gasteiger partial charge is 0.241 e. The fraction of sp³-hybridized carbons (Fsp3) is 0.800. The number of rotatable bonds is 4. The van der Waals surface area contributed by atoms with Gasteiger partial charge in [0.2, 0.25) is 11.8 Å². The van der Waals surface area contributed by atoms with Crippen LogP contribution in [0.25, 0.3) is 0 Å². The summed E-state index contributed by atoms with van der Waals surface area (Å²) in [7, 11) is 1.76. The van der Waals surface area contributed by atoms with E-state index in [9.17, 15) is 9.59 Å². The van der Waals surface area contributed by atoms with Crippen LogP contribution < -0.4 is 5.32 Å². The molecule has 0 atom stereocenters. The normalized spacial score (nSPS) is 17.1. The van der Waals surface area contributed by atoms with Crippen LogP contribution in [-0.2, 0) is 9.59 Å². The molecule has 0 radical (unpaired) electrons. The number of nitrogens with one attached hydrogen (secondary N) is 1. The van der Waals surface area contributed by atoms with Crippen molar-refractivity contribution in [3.05, 3.63) is 0 Å². The van der Waals surface area contributed by atoms with Crippen molar-refractivity contribution in [1.29, 1.82) is 0 Å². The zero-order valence-corrected chi connectivity index (χ0v) is 9.45. The first-order valence-corrected chi connectivity index (χ1v) is 5.37. The highest BCUT2D eigenvalue weighted by Gasteiger charge is 2.23. The molecule has 5 nitrogen and oxygen atoms in total. The molecule has 1 fully saturated rings. The van der Waals surface area contributed by atoms with Crippen LogP contribution in [0.3, 0.4) is 0 Å². The van der Waals surface area contributed by atoms with Gasteiger partial charge < -0.3 is 15.1 Å². The van der Waals surface area contributed by atoms with Crippen molar-refractivity contribution in [3.63, 3.8) is 0 Å². The Kier molecular flexibility index (Phi) is 4.55. The Bertz CT molecular complexity index is 243. The predicted molar refractivity (Wildman–Crippen MR) is 57.4 cm³/mol. The second kappa shape index (κ2) is 5.70. The Balaban J connectivity index is 2.31. The molecule has 0 unspecified atom stereocenters. The van der Waals surface area contributed by atoms with Crippen molar-refractivity contribution in [2.45, 2.75) is 13.3 Å². The molecule has 0 aromatic rings. The van der Waals surface area contributed by atoms with Crippen molar-refractivity contribution in [1.82, 2.24) is 15.1 Å². The molecule has 15 heavy (non-hydrogen) atoms. The van der Waals surface area contributed by atoms with Crippen LogP contribution in [-0.4, -0.2) is 61.4 Å². The highest BCUT2D eigenvalue weighted by molar-refractivity contribution is 5.86. The van der Waals surface area contributed by atoms with Gasteiger partial charge in [0.25, 0.3) is 0 Å². The van der Waals surface area contributed by atoms with E-state index >= 15 is 0 Å². The molecule has 1 heterocycles. The molecular formula is C10H19N3O2. The van der Waals surface area contributed by atoms with E-state index in [1.807, 2.05) is 0 Å². The van der Waals surface area contributed by atoms with E-state index in [2.05, 4.69) is 12.2 Å². The van der Waals surface area contributed by atoms with Gasteiger partial charge in [-0.3, -0.25) is 9.59 Å². The summed E-state index contributed by atoms with van der Waals surface area (Å²) in [6.45, 7) is 4.74. The topological polar surface area (TPSA) is 52.7 Å². The molecule has 0 aromatic carbocycles. The lowest BCUT2D eigenvalue weighted by Gasteiger charge is -2.32. The van der Waals surface area contributed by atoms with E-state index in [1.165, 1.54) is 0 Å². The largest absolute Gasteiger partial charge is 0.342 e. The van der Waals surface area contributed by atoms with E-state index in [-0.39, 0.29) is 18.4 Å². The third-order valence-corrected chi connectivity index (χ3v) is 2.51. The number of carbonyl (C=O) groups is 2. The molecular weight excluding hydrogens is 194 g/mol. The number of carbonyl (C=O) groups excluding carboxylic acids is 2. The Morgan fingerprint density at radius 3 is 2.80 bits per heavy atom. The third kappa shape index (κ3) is 3.51. The first-order chi connectivity index (χ1) is 7.15. The molecule has 1 aliphatic rings. The minimum Gasteiger partial charge on any atom is -0.342 e. The average molecular weight is 213 g/mol. The SMILES string of the molecule is CCCNCC(=O)N1CCN(C)C(=O)C1. The van der Waals surface area contributed by atoms with Crippen LogP contribution >= 0.6 is 0 Å². The number of hydrogen-bond donors (Lipinski definition) is 1. The van der Waals surface area contributed by atoms with Gasteiger partial charge in [0.15, 0.2) is 0 Å². The van der Waals surface area contributed by atoms with Gasteiger partial charge in [-0.05, 0) is 13.0 Å². The van der Waals surface area contributed by atoms with Gasteiger partial charge >= 0.3 is 0 Å². The molecule has 86 valence electrons. The predicted octanol–water partition coefficient (Wildman–Crippen LogP) is -0.713.